The standard InChI is InChI=1S/C17H26N2O4S/c1-2-24(20,21)19-11-8-17(9-12-19)15(7-14-23-17)6-13-22-16-5-3-4-10-18-16/h3-5,10,15H,2,6-9,11-14H2,1H3/t15-/m1/s1. The molecular formula is C17H26N2O4S. The van der Waals surface area contributed by atoms with E-state index in [0.29, 0.717) is 31.5 Å². The summed E-state index contributed by atoms with van der Waals surface area (Å²) in [5.41, 5.74) is -0.173. The van der Waals surface area contributed by atoms with Crippen LogP contribution < -0.4 is 4.74 Å². The monoisotopic (exact) mass is 354 g/mol. The van der Waals surface area contributed by atoms with Gasteiger partial charge in [0.25, 0.3) is 0 Å². The summed E-state index contributed by atoms with van der Waals surface area (Å²) < 4.78 is 37.5. The highest BCUT2D eigenvalue weighted by molar-refractivity contribution is 7.89. The molecule has 7 heteroatoms. The van der Waals surface area contributed by atoms with E-state index in [4.69, 9.17) is 9.47 Å². The lowest BCUT2D eigenvalue weighted by atomic mass is 9.78. The maximum absolute atomic E-state index is 12.0. The van der Waals surface area contributed by atoms with E-state index < -0.39 is 10.0 Å². The molecule has 3 rings (SSSR count). The van der Waals surface area contributed by atoms with Crippen LogP contribution >= 0.6 is 0 Å². The number of piperidine rings is 1. The molecule has 0 aromatic carbocycles. The number of hydrogen-bond acceptors (Lipinski definition) is 5. The average molecular weight is 354 g/mol. The molecule has 6 nitrogen and oxygen atoms in total. The van der Waals surface area contributed by atoms with Gasteiger partial charge in [-0.2, -0.15) is 0 Å². The molecule has 0 N–H and O–H groups in total. The van der Waals surface area contributed by atoms with Crippen molar-refractivity contribution in [3.05, 3.63) is 24.4 Å². The molecule has 24 heavy (non-hydrogen) atoms. The van der Waals surface area contributed by atoms with Gasteiger partial charge in [-0.3, -0.25) is 0 Å². The lowest BCUT2D eigenvalue weighted by Gasteiger charge is -2.41. The summed E-state index contributed by atoms with van der Waals surface area (Å²) in [5.74, 6) is 1.24. The Morgan fingerprint density at radius 2 is 2.17 bits per heavy atom. The molecule has 2 aliphatic heterocycles. The second kappa shape index (κ2) is 7.37. The minimum Gasteiger partial charge on any atom is -0.478 e. The minimum absolute atomic E-state index is 0.169. The van der Waals surface area contributed by atoms with Gasteiger partial charge in [0.2, 0.25) is 15.9 Å². The lowest BCUT2D eigenvalue weighted by molar-refractivity contribution is -0.0589. The molecule has 0 unspecified atom stereocenters. The molecule has 0 bridgehead atoms. The molecule has 1 aromatic rings. The van der Waals surface area contributed by atoms with Crippen molar-refractivity contribution in [3.63, 3.8) is 0 Å². The third-order valence-corrected chi connectivity index (χ3v) is 7.16. The summed E-state index contributed by atoms with van der Waals surface area (Å²) in [4.78, 5) is 4.17. The number of sulfonamides is 1. The predicted octanol–water partition coefficient (Wildman–Crippen LogP) is 2.07. The zero-order valence-electron chi connectivity index (χ0n) is 14.2. The van der Waals surface area contributed by atoms with Gasteiger partial charge in [-0.15, -0.1) is 0 Å². The van der Waals surface area contributed by atoms with Crippen LogP contribution in [0.4, 0.5) is 0 Å². The van der Waals surface area contributed by atoms with E-state index >= 15 is 0 Å². The summed E-state index contributed by atoms with van der Waals surface area (Å²) in [7, 11) is -3.09. The summed E-state index contributed by atoms with van der Waals surface area (Å²) in [6, 6.07) is 5.63. The Bertz CT molecular complexity index is 627. The first kappa shape index (κ1) is 17.6. The molecule has 0 radical (unpaired) electrons. The zero-order valence-corrected chi connectivity index (χ0v) is 15.0. The summed E-state index contributed by atoms with van der Waals surface area (Å²) in [5, 5.41) is 0. The Balaban J connectivity index is 1.54. The number of hydrogen-bond donors (Lipinski definition) is 0. The number of pyridine rings is 1. The molecule has 2 aliphatic rings. The van der Waals surface area contributed by atoms with Crippen molar-refractivity contribution in [2.45, 2.75) is 38.2 Å². The van der Waals surface area contributed by atoms with Crippen LogP contribution in [0, 0.1) is 5.92 Å². The highest BCUT2D eigenvalue weighted by atomic mass is 32.2. The Morgan fingerprint density at radius 3 is 2.83 bits per heavy atom. The molecule has 2 saturated heterocycles. The van der Waals surface area contributed by atoms with E-state index in [1.807, 2.05) is 18.2 Å². The van der Waals surface area contributed by atoms with Gasteiger partial charge in [0.05, 0.1) is 18.0 Å². The highest BCUT2D eigenvalue weighted by Crippen LogP contribution is 2.42. The summed E-state index contributed by atoms with van der Waals surface area (Å²) in [6.07, 6.45) is 5.21. The summed E-state index contributed by atoms with van der Waals surface area (Å²) in [6.45, 7) is 4.20. The summed E-state index contributed by atoms with van der Waals surface area (Å²) >= 11 is 0. The zero-order chi connectivity index (χ0) is 17.0. The second-order valence-electron chi connectivity index (χ2n) is 6.50. The fourth-order valence-corrected chi connectivity index (χ4v) is 4.91. The Kier molecular flexibility index (Phi) is 5.42. The Morgan fingerprint density at radius 1 is 1.38 bits per heavy atom. The number of aromatic nitrogens is 1. The molecule has 1 aromatic heterocycles. The largest absolute Gasteiger partial charge is 0.478 e. The maximum Gasteiger partial charge on any atom is 0.213 e. The second-order valence-corrected chi connectivity index (χ2v) is 8.76. The number of ether oxygens (including phenoxy) is 2. The molecule has 1 spiro atoms. The minimum atomic E-state index is -3.09. The normalized spacial score (nSPS) is 24.3. The van der Waals surface area contributed by atoms with Crippen LogP contribution in [0.25, 0.3) is 0 Å². The fourth-order valence-electron chi connectivity index (χ4n) is 3.81. The van der Waals surface area contributed by atoms with Crippen molar-refractivity contribution in [1.29, 1.82) is 0 Å². The molecule has 0 aliphatic carbocycles. The molecular weight excluding hydrogens is 328 g/mol. The van der Waals surface area contributed by atoms with E-state index in [1.165, 1.54) is 0 Å². The van der Waals surface area contributed by atoms with Crippen LogP contribution in [-0.4, -0.2) is 55.4 Å². The number of nitrogens with zero attached hydrogens (tertiary/aromatic N) is 2. The van der Waals surface area contributed by atoms with Gasteiger partial charge in [-0.1, -0.05) is 6.07 Å². The van der Waals surface area contributed by atoms with Crippen molar-refractivity contribution in [2.75, 3.05) is 32.1 Å². The highest BCUT2D eigenvalue weighted by Gasteiger charge is 2.47. The smallest absolute Gasteiger partial charge is 0.213 e. The first-order chi connectivity index (χ1) is 11.6. The van der Waals surface area contributed by atoms with Gasteiger partial charge >= 0.3 is 0 Å². The van der Waals surface area contributed by atoms with Crippen LogP contribution in [0.2, 0.25) is 0 Å². The van der Waals surface area contributed by atoms with E-state index in [9.17, 15) is 8.42 Å². The van der Waals surface area contributed by atoms with Crippen molar-refractivity contribution in [2.24, 2.45) is 5.92 Å². The molecule has 0 saturated carbocycles. The predicted molar refractivity (Wildman–Crippen MR) is 91.4 cm³/mol. The third-order valence-electron chi connectivity index (χ3n) is 5.28. The van der Waals surface area contributed by atoms with Gasteiger partial charge in [0.15, 0.2) is 0 Å². The van der Waals surface area contributed by atoms with Gasteiger partial charge in [-0.05, 0) is 44.6 Å². The van der Waals surface area contributed by atoms with Gasteiger partial charge in [-0.25, -0.2) is 17.7 Å². The number of rotatable bonds is 6. The average Bonchev–Trinajstić information content (AvgIpc) is 2.98. The maximum atomic E-state index is 12.0. The van der Waals surface area contributed by atoms with E-state index in [2.05, 4.69) is 4.98 Å². The van der Waals surface area contributed by atoms with Gasteiger partial charge in [0, 0.05) is 32.0 Å². The molecule has 134 valence electrons. The van der Waals surface area contributed by atoms with Gasteiger partial charge in [0.1, 0.15) is 0 Å². The molecule has 1 atom stereocenters. The fraction of sp³-hybridized carbons (Fsp3) is 0.706. The molecule has 2 fully saturated rings. The first-order valence-electron chi connectivity index (χ1n) is 8.71. The quantitative estimate of drug-likeness (QED) is 0.782. The van der Waals surface area contributed by atoms with Crippen molar-refractivity contribution >= 4 is 10.0 Å². The topological polar surface area (TPSA) is 68.7 Å². The molecule has 0 amide bonds. The Labute approximate surface area is 144 Å². The van der Waals surface area contributed by atoms with Crippen LogP contribution in [0.1, 0.15) is 32.6 Å². The van der Waals surface area contributed by atoms with Crippen LogP contribution in [0.15, 0.2) is 24.4 Å². The Hall–Kier alpha value is -1.18. The first-order valence-corrected chi connectivity index (χ1v) is 10.3. The van der Waals surface area contributed by atoms with Crippen LogP contribution in [-0.2, 0) is 14.8 Å². The van der Waals surface area contributed by atoms with Gasteiger partial charge < -0.3 is 9.47 Å². The van der Waals surface area contributed by atoms with Crippen LogP contribution in [0.5, 0.6) is 5.88 Å². The SMILES string of the molecule is CCS(=O)(=O)N1CCC2(CC1)OCC[C@H]2CCOc1ccccn1. The van der Waals surface area contributed by atoms with E-state index in [0.717, 1.165) is 32.3 Å². The van der Waals surface area contributed by atoms with Crippen molar-refractivity contribution < 1.29 is 17.9 Å². The van der Waals surface area contributed by atoms with Crippen molar-refractivity contribution in [1.82, 2.24) is 9.29 Å². The van der Waals surface area contributed by atoms with E-state index in [-0.39, 0.29) is 11.4 Å². The molecule has 3 heterocycles. The van der Waals surface area contributed by atoms with Crippen LogP contribution in [0.3, 0.4) is 0 Å². The van der Waals surface area contributed by atoms with Crippen molar-refractivity contribution in [3.8, 4) is 5.88 Å². The lowest BCUT2D eigenvalue weighted by Crippen LogP contribution is -2.49. The third kappa shape index (κ3) is 3.73. The van der Waals surface area contributed by atoms with E-state index in [1.54, 1.807) is 17.4 Å².